The molecule has 12 heavy (non-hydrogen) atoms. The van der Waals surface area contributed by atoms with Crippen LogP contribution in [-0.2, 0) is 0 Å². The number of nitrogens with zero attached hydrogens (tertiary/aromatic N) is 1. The minimum atomic E-state index is 0.869. The molecule has 0 fully saturated rings. The van der Waals surface area contributed by atoms with Crippen molar-refractivity contribution in [1.82, 2.24) is 9.97 Å². The van der Waals surface area contributed by atoms with Gasteiger partial charge in [0.05, 0.1) is 16.7 Å². The number of H-pyrrole nitrogens is 1. The first-order valence-electron chi connectivity index (χ1n) is 3.72. The zero-order valence-corrected chi connectivity index (χ0v) is 6.76. The second-order valence-corrected chi connectivity index (χ2v) is 2.70. The molecule has 0 aliphatic carbocycles. The standard InChI is InChI=1S/C8H10N4/c1-5-10-7-3-2-6(12-9)4-8(7)11-5/h2-4,12H,9H2,1H3,(H,10,11). The van der Waals surface area contributed by atoms with E-state index in [4.69, 9.17) is 5.84 Å². The van der Waals surface area contributed by atoms with Crippen LogP contribution in [0.15, 0.2) is 18.2 Å². The molecule has 4 N–H and O–H groups in total. The first-order chi connectivity index (χ1) is 5.79. The Labute approximate surface area is 69.8 Å². The molecule has 1 heterocycles. The summed E-state index contributed by atoms with van der Waals surface area (Å²) in [6, 6.07) is 5.75. The third-order valence-corrected chi connectivity index (χ3v) is 1.77. The first-order valence-corrected chi connectivity index (χ1v) is 3.72. The molecule has 2 aromatic rings. The summed E-state index contributed by atoms with van der Waals surface area (Å²) >= 11 is 0. The number of aromatic amines is 1. The van der Waals surface area contributed by atoms with Gasteiger partial charge >= 0.3 is 0 Å². The maximum atomic E-state index is 5.26. The molecule has 0 spiro atoms. The number of aromatic nitrogens is 2. The Morgan fingerprint density at radius 1 is 1.50 bits per heavy atom. The lowest BCUT2D eigenvalue weighted by Gasteiger charge is -1.96. The van der Waals surface area contributed by atoms with E-state index >= 15 is 0 Å². The van der Waals surface area contributed by atoms with Gasteiger partial charge < -0.3 is 10.4 Å². The highest BCUT2D eigenvalue weighted by Gasteiger charge is 1.98. The minimum Gasteiger partial charge on any atom is -0.342 e. The molecule has 4 nitrogen and oxygen atoms in total. The predicted molar refractivity (Wildman–Crippen MR) is 48.6 cm³/mol. The second-order valence-electron chi connectivity index (χ2n) is 2.70. The van der Waals surface area contributed by atoms with Gasteiger partial charge in [-0.1, -0.05) is 0 Å². The van der Waals surface area contributed by atoms with Crippen molar-refractivity contribution in [3.05, 3.63) is 24.0 Å². The van der Waals surface area contributed by atoms with E-state index in [0.29, 0.717) is 0 Å². The van der Waals surface area contributed by atoms with Gasteiger partial charge in [-0.3, -0.25) is 5.84 Å². The summed E-state index contributed by atoms with van der Waals surface area (Å²) in [6.45, 7) is 1.93. The normalized spacial score (nSPS) is 10.5. The molecule has 0 atom stereocenters. The summed E-state index contributed by atoms with van der Waals surface area (Å²) in [6.07, 6.45) is 0. The summed E-state index contributed by atoms with van der Waals surface area (Å²) < 4.78 is 0. The lowest BCUT2D eigenvalue weighted by Crippen LogP contribution is -2.05. The topological polar surface area (TPSA) is 66.7 Å². The number of hydrogen-bond acceptors (Lipinski definition) is 3. The molecule has 0 aliphatic heterocycles. The Balaban J connectivity index is 2.66. The van der Waals surface area contributed by atoms with Crippen molar-refractivity contribution in [2.45, 2.75) is 6.92 Å². The monoisotopic (exact) mass is 162 g/mol. The van der Waals surface area contributed by atoms with Crippen LogP contribution in [0.3, 0.4) is 0 Å². The molecule has 0 amide bonds. The number of nitrogens with one attached hydrogen (secondary N) is 2. The maximum Gasteiger partial charge on any atom is 0.104 e. The van der Waals surface area contributed by atoms with Crippen LogP contribution in [0.1, 0.15) is 5.82 Å². The van der Waals surface area contributed by atoms with E-state index in [1.54, 1.807) is 0 Å². The molecule has 1 aromatic carbocycles. The third kappa shape index (κ3) is 1.02. The van der Waals surface area contributed by atoms with Crippen LogP contribution in [0.2, 0.25) is 0 Å². The third-order valence-electron chi connectivity index (χ3n) is 1.77. The summed E-state index contributed by atoms with van der Waals surface area (Å²) in [5, 5.41) is 0. The van der Waals surface area contributed by atoms with Gasteiger partial charge in [0.15, 0.2) is 0 Å². The number of imidazole rings is 1. The van der Waals surface area contributed by atoms with Gasteiger partial charge in [0.1, 0.15) is 5.82 Å². The molecule has 62 valence electrons. The Hall–Kier alpha value is -1.55. The van der Waals surface area contributed by atoms with Gasteiger partial charge in [-0.25, -0.2) is 4.98 Å². The fourth-order valence-electron chi connectivity index (χ4n) is 1.22. The molecule has 0 radical (unpaired) electrons. The zero-order valence-electron chi connectivity index (χ0n) is 6.76. The number of benzene rings is 1. The van der Waals surface area contributed by atoms with Crippen molar-refractivity contribution < 1.29 is 0 Å². The van der Waals surface area contributed by atoms with Crippen LogP contribution in [0.25, 0.3) is 11.0 Å². The van der Waals surface area contributed by atoms with Crippen molar-refractivity contribution in [3.8, 4) is 0 Å². The summed E-state index contributed by atoms with van der Waals surface area (Å²) in [7, 11) is 0. The van der Waals surface area contributed by atoms with E-state index in [0.717, 1.165) is 22.5 Å². The van der Waals surface area contributed by atoms with E-state index in [-0.39, 0.29) is 0 Å². The second kappa shape index (κ2) is 2.49. The first kappa shape index (κ1) is 7.12. The molecular formula is C8H10N4. The van der Waals surface area contributed by atoms with Crippen molar-refractivity contribution in [1.29, 1.82) is 0 Å². The Morgan fingerprint density at radius 2 is 2.33 bits per heavy atom. The van der Waals surface area contributed by atoms with E-state index in [1.807, 2.05) is 25.1 Å². The fourth-order valence-corrected chi connectivity index (χ4v) is 1.22. The van der Waals surface area contributed by atoms with Crippen LogP contribution in [-0.4, -0.2) is 9.97 Å². The number of rotatable bonds is 1. The summed E-state index contributed by atoms with van der Waals surface area (Å²) in [5.41, 5.74) is 5.41. The van der Waals surface area contributed by atoms with Gasteiger partial charge in [0, 0.05) is 0 Å². The number of hydrogen-bond donors (Lipinski definition) is 3. The SMILES string of the molecule is Cc1nc2cc(NN)ccc2[nH]1. The van der Waals surface area contributed by atoms with E-state index in [1.165, 1.54) is 0 Å². The van der Waals surface area contributed by atoms with Crippen LogP contribution in [0.5, 0.6) is 0 Å². The Bertz CT molecular complexity index is 404. The van der Waals surface area contributed by atoms with Crippen molar-refractivity contribution in [2.24, 2.45) is 5.84 Å². The number of nitrogen functional groups attached to an aromatic ring is 1. The quantitative estimate of drug-likeness (QED) is 0.435. The maximum absolute atomic E-state index is 5.26. The highest BCUT2D eigenvalue weighted by molar-refractivity contribution is 5.79. The predicted octanol–water partition coefficient (Wildman–Crippen LogP) is 1.16. The van der Waals surface area contributed by atoms with Gasteiger partial charge in [-0.05, 0) is 25.1 Å². The molecule has 0 aliphatic rings. The molecule has 0 bridgehead atoms. The van der Waals surface area contributed by atoms with Gasteiger partial charge in [0.2, 0.25) is 0 Å². The lowest BCUT2D eigenvalue weighted by atomic mass is 10.3. The van der Waals surface area contributed by atoms with Crippen LogP contribution >= 0.6 is 0 Å². The van der Waals surface area contributed by atoms with Crippen LogP contribution in [0.4, 0.5) is 5.69 Å². The lowest BCUT2D eigenvalue weighted by molar-refractivity contribution is 1.17. The Kier molecular flexibility index (Phi) is 1.48. The number of anilines is 1. The van der Waals surface area contributed by atoms with E-state index in [2.05, 4.69) is 15.4 Å². The number of aryl methyl sites for hydroxylation is 1. The highest BCUT2D eigenvalue weighted by Crippen LogP contribution is 2.15. The van der Waals surface area contributed by atoms with Crippen molar-refractivity contribution in [3.63, 3.8) is 0 Å². The van der Waals surface area contributed by atoms with Gasteiger partial charge in [-0.15, -0.1) is 0 Å². The van der Waals surface area contributed by atoms with E-state index < -0.39 is 0 Å². The molecule has 1 aromatic heterocycles. The highest BCUT2D eigenvalue weighted by atomic mass is 15.2. The van der Waals surface area contributed by atoms with Crippen molar-refractivity contribution >= 4 is 16.7 Å². The number of hydrazine groups is 1. The van der Waals surface area contributed by atoms with Gasteiger partial charge in [-0.2, -0.15) is 0 Å². The average Bonchev–Trinajstić information content (AvgIpc) is 2.43. The minimum absolute atomic E-state index is 0.869. The molecule has 4 heteroatoms. The molecule has 0 unspecified atom stereocenters. The number of fused-ring (bicyclic) bond motifs is 1. The van der Waals surface area contributed by atoms with Gasteiger partial charge in [0.25, 0.3) is 0 Å². The zero-order chi connectivity index (χ0) is 8.55. The van der Waals surface area contributed by atoms with Crippen molar-refractivity contribution in [2.75, 3.05) is 5.43 Å². The van der Waals surface area contributed by atoms with Crippen LogP contribution < -0.4 is 11.3 Å². The molecular weight excluding hydrogens is 152 g/mol. The van der Waals surface area contributed by atoms with Crippen LogP contribution in [0, 0.1) is 6.92 Å². The summed E-state index contributed by atoms with van der Waals surface area (Å²) in [4.78, 5) is 7.40. The largest absolute Gasteiger partial charge is 0.342 e. The molecule has 0 saturated carbocycles. The van der Waals surface area contributed by atoms with E-state index in [9.17, 15) is 0 Å². The average molecular weight is 162 g/mol. The fraction of sp³-hybridized carbons (Fsp3) is 0.125. The smallest absolute Gasteiger partial charge is 0.104 e. The number of nitrogens with two attached hydrogens (primary N) is 1. The molecule has 2 rings (SSSR count). The Morgan fingerprint density at radius 3 is 3.08 bits per heavy atom. The summed E-state index contributed by atoms with van der Waals surface area (Å²) in [5.74, 6) is 6.18. The molecule has 0 saturated heterocycles.